The molecular formula is C22H25N3O3S2. The summed E-state index contributed by atoms with van der Waals surface area (Å²) in [6, 6.07) is 12.2. The summed E-state index contributed by atoms with van der Waals surface area (Å²) in [6.07, 6.45) is 1.02. The molecule has 1 aromatic heterocycles. The van der Waals surface area contributed by atoms with Gasteiger partial charge in [0.25, 0.3) is 5.91 Å². The van der Waals surface area contributed by atoms with Gasteiger partial charge in [-0.05, 0) is 61.1 Å². The average Bonchev–Trinajstić information content (AvgIpc) is 3.08. The summed E-state index contributed by atoms with van der Waals surface area (Å²) < 4.78 is 28.8. The van der Waals surface area contributed by atoms with Crippen LogP contribution in [0.3, 0.4) is 0 Å². The second-order valence-electron chi connectivity index (χ2n) is 8.24. The number of thiazole rings is 1. The molecule has 1 saturated heterocycles. The first kappa shape index (κ1) is 21.0. The molecule has 30 heavy (non-hydrogen) atoms. The summed E-state index contributed by atoms with van der Waals surface area (Å²) in [7, 11) is -3.64. The maximum atomic E-state index is 13.1. The largest absolute Gasteiger partial charge is 0.298 e. The summed E-state index contributed by atoms with van der Waals surface area (Å²) >= 11 is 1.40. The van der Waals surface area contributed by atoms with Crippen molar-refractivity contribution in [3.8, 4) is 0 Å². The van der Waals surface area contributed by atoms with Crippen LogP contribution in [0.25, 0.3) is 10.2 Å². The predicted octanol–water partition coefficient (Wildman–Crippen LogP) is 4.52. The zero-order chi connectivity index (χ0) is 21.5. The highest BCUT2D eigenvalue weighted by atomic mass is 32.2. The van der Waals surface area contributed by atoms with Gasteiger partial charge < -0.3 is 0 Å². The van der Waals surface area contributed by atoms with Gasteiger partial charge in [-0.3, -0.25) is 10.1 Å². The van der Waals surface area contributed by atoms with Crippen molar-refractivity contribution < 1.29 is 13.2 Å². The first-order valence-electron chi connectivity index (χ1n) is 10.0. The van der Waals surface area contributed by atoms with Crippen molar-refractivity contribution in [1.82, 2.24) is 9.29 Å². The quantitative estimate of drug-likeness (QED) is 0.643. The molecule has 1 fully saturated rings. The van der Waals surface area contributed by atoms with Gasteiger partial charge in [0.05, 0.1) is 15.1 Å². The fraction of sp³-hybridized carbons (Fsp3) is 0.364. The van der Waals surface area contributed by atoms with E-state index < -0.39 is 10.0 Å². The number of fused-ring (bicyclic) bond motifs is 1. The van der Waals surface area contributed by atoms with Crippen molar-refractivity contribution in [1.29, 1.82) is 0 Å². The van der Waals surface area contributed by atoms with E-state index in [4.69, 9.17) is 0 Å². The van der Waals surface area contributed by atoms with Crippen LogP contribution in [0.4, 0.5) is 5.13 Å². The number of amides is 1. The highest BCUT2D eigenvalue weighted by Crippen LogP contribution is 2.29. The van der Waals surface area contributed by atoms with E-state index in [0.717, 1.165) is 22.2 Å². The Morgan fingerprint density at radius 3 is 2.60 bits per heavy atom. The first-order chi connectivity index (χ1) is 14.2. The van der Waals surface area contributed by atoms with Crippen LogP contribution in [0.5, 0.6) is 0 Å². The van der Waals surface area contributed by atoms with Gasteiger partial charge in [-0.2, -0.15) is 4.31 Å². The summed E-state index contributed by atoms with van der Waals surface area (Å²) in [5.74, 6) is 0.263. The van der Waals surface area contributed by atoms with E-state index in [0.29, 0.717) is 35.6 Å². The molecule has 2 atom stereocenters. The van der Waals surface area contributed by atoms with Gasteiger partial charge in [0.1, 0.15) is 0 Å². The van der Waals surface area contributed by atoms with E-state index in [1.807, 2.05) is 25.1 Å². The van der Waals surface area contributed by atoms with Crippen molar-refractivity contribution in [3.05, 3.63) is 53.6 Å². The zero-order valence-corrected chi connectivity index (χ0v) is 18.9. The molecule has 0 aliphatic carbocycles. The number of nitrogens with one attached hydrogen (secondary N) is 1. The number of piperidine rings is 1. The second kappa shape index (κ2) is 8.09. The molecule has 158 valence electrons. The van der Waals surface area contributed by atoms with E-state index in [9.17, 15) is 13.2 Å². The number of rotatable bonds is 4. The Hall–Kier alpha value is -2.29. The van der Waals surface area contributed by atoms with Crippen LogP contribution in [-0.2, 0) is 10.0 Å². The van der Waals surface area contributed by atoms with Crippen molar-refractivity contribution in [2.75, 3.05) is 18.4 Å². The van der Waals surface area contributed by atoms with Crippen LogP contribution in [-0.4, -0.2) is 36.7 Å². The smallest absolute Gasteiger partial charge is 0.257 e. The van der Waals surface area contributed by atoms with E-state index in [1.165, 1.54) is 17.4 Å². The predicted molar refractivity (Wildman–Crippen MR) is 120 cm³/mol. The number of anilines is 1. The Kier molecular flexibility index (Phi) is 5.65. The van der Waals surface area contributed by atoms with E-state index in [-0.39, 0.29) is 10.8 Å². The Balaban J connectivity index is 1.56. The molecule has 4 rings (SSSR count). The highest BCUT2D eigenvalue weighted by Gasteiger charge is 2.32. The van der Waals surface area contributed by atoms with E-state index >= 15 is 0 Å². The molecule has 1 aliphatic rings. The number of benzene rings is 2. The van der Waals surface area contributed by atoms with E-state index in [2.05, 4.69) is 24.1 Å². The Morgan fingerprint density at radius 2 is 1.87 bits per heavy atom. The number of nitrogens with zero attached hydrogens (tertiary/aromatic N) is 2. The molecule has 0 radical (unpaired) electrons. The molecule has 1 aliphatic heterocycles. The molecule has 2 aromatic carbocycles. The molecule has 0 saturated carbocycles. The van der Waals surface area contributed by atoms with Crippen LogP contribution in [0.15, 0.2) is 47.4 Å². The van der Waals surface area contributed by atoms with Gasteiger partial charge in [-0.1, -0.05) is 37.3 Å². The third kappa shape index (κ3) is 4.26. The van der Waals surface area contributed by atoms with Gasteiger partial charge >= 0.3 is 0 Å². The van der Waals surface area contributed by atoms with Crippen LogP contribution in [0.1, 0.15) is 36.2 Å². The van der Waals surface area contributed by atoms with Crippen molar-refractivity contribution in [2.45, 2.75) is 32.1 Å². The second-order valence-corrected chi connectivity index (χ2v) is 11.2. The molecule has 2 heterocycles. The molecule has 0 bridgehead atoms. The maximum Gasteiger partial charge on any atom is 0.257 e. The Labute approximate surface area is 181 Å². The zero-order valence-electron chi connectivity index (χ0n) is 17.3. The number of carbonyl (C=O) groups excluding carboxylic acids is 1. The molecular weight excluding hydrogens is 418 g/mol. The summed E-state index contributed by atoms with van der Waals surface area (Å²) in [6.45, 7) is 7.17. The Bertz CT molecular complexity index is 1190. The monoisotopic (exact) mass is 443 g/mol. The number of hydrogen-bond donors (Lipinski definition) is 1. The van der Waals surface area contributed by atoms with Gasteiger partial charge in [-0.25, -0.2) is 13.4 Å². The molecule has 0 unspecified atom stereocenters. The topological polar surface area (TPSA) is 79.4 Å². The molecule has 3 aromatic rings. The number of sulfonamides is 1. The molecule has 1 amide bonds. The van der Waals surface area contributed by atoms with Crippen molar-refractivity contribution in [2.24, 2.45) is 11.8 Å². The van der Waals surface area contributed by atoms with E-state index in [1.54, 1.807) is 22.5 Å². The number of aromatic nitrogens is 1. The fourth-order valence-corrected chi connectivity index (χ4v) is 6.69. The molecule has 1 N–H and O–H groups in total. The Morgan fingerprint density at radius 1 is 1.13 bits per heavy atom. The molecule has 0 spiro atoms. The van der Waals surface area contributed by atoms with Crippen LogP contribution in [0.2, 0.25) is 0 Å². The highest BCUT2D eigenvalue weighted by molar-refractivity contribution is 7.89. The molecule has 8 heteroatoms. The average molecular weight is 444 g/mol. The lowest BCUT2D eigenvalue weighted by Crippen LogP contribution is -2.42. The lowest BCUT2D eigenvalue weighted by Gasteiger charge is -2.34. The van der Waals surface area contributed by atoms with Gasteiger partial charge in [0, 0.05) is 18.7 Å². The summed E-state index contributed by atoms with van der Waals surface area (Å²) in [4.78, 5) is 17.4. The minimum absolute atomic E-state index is 0.149. The molecule has 6 nitrogen and oxygen atoms in total. The van der Waals surface area contributed by atoms with Crippen LogP contribution >= 0.6 is 11.3 Å². The van der Waals surface area contributed by atoms with Crippen LogP contribution < -0.4 is 5.32 Å². The van der Waals surface area contributed by atoms with Gasteiger partial charge in [0.2, 0.25) is 10.0 Å². The maximum absolute atomic E-state index is 13.1. The number of hydrogen-bond acceptors (Lipinski definition) is 5. The first-order valence-corrected chi connectivity index (χ1v) is 12.3. The lowest BCUT2D eigenvalue weighted by molar-refractivity contribution is 0.102. The third-order valence-corrected chi connectivity index (χ3v) is 8.09. The SMILES string of the molecule is Cc1ccc2nc(NC(=O)c3cccc(S(=O)(=O)N4C[C@H](C)C[C@@H](C)C4)c3)sc2c1. The minimum Gasteiger partial charge on any atom is -0.298 e. The number of aryl methyl sites for hydroxylation is 1. The normalized spacial score (nSPS) is 20.4. The minimum atomic E-state index is -3.64. The number of carbonyl (C=O) groups is 1. The van der Waals surface area contributed by atoms with Gasteiger partial charge in [0.15, 0.2) is 5.13 Å². The lowest BCUT2D eigenvalue weighted by atomic mass is 9.94. The van der Waals surface area contributed by atoms with Crippen molar-refractivity contribution in [3.63, 3.8) is 0 Å². The van der Waals surface area contributed by atoms with Crippen LogP contribution in [0, 0.1) is 18.8 Å². The van der Waals surface area contributed by atoms with Gasteiger partial charge in [-0.15, -0.1) is 0 Å². The third-order valence-electron chi connectivity index (χ3n) is 5.33. The van der Waals surface area contributed by atoms with Crippen molar-refractivity contribution >= 4 is 42.6 Å². The summed E-state index contributed by atoms with van der Waals surface area (Å²) in [5.41, 5.74) is 2.25. The fourth-order valence-electron chi connectivity index (χ4n) is 4.00. The standard InChI is InChI=1S/C22H25N3O3S2/c1-14-7-8-19-20(10-14)29-22(23-19)24-21(26)17-5-4-6-18(11-17)30(27,28)25-12-15(2)9-16(3)13-25/h4-8,10-11,15-16H,9,12-13H2,1-3H3,(H,23,24,26)/t15-,16-/m1/s1. The summed E-state index contributed by atoms with van der Waals surface area (Å²) in [5, 5.41) is 3.29.